The molecular weight excluding hydrogens is 278 g/mol. The zero-order chi connectivity index (χ0) is 15.0. The Hall–Kier alpha value is -0.660. The van der Waals surface area contributed by atoms with Crippen LogP contribution in [0.5, 0.6) is 0 Å². The number of carbonyl (C=O) groups is 1. The number of hydrogen-bond donors (Lipinski definition) is 2. The normalized spacial score (nSPS) is 17.4. The summed E-state index contributed by atoms with van der Waals surface area (Å²) in [7, 11) is -3.27. The lowest BCUT2D eigenvalue weighted by molar-refractivity contribution is -0.118. The molecule has 2 N–H and O–H groups in total. The first-order valence-corrected chi connectivity index (χ1v) is 9.11. The first-order valence-electron chi connectivity index (χ1n) is 7.29. The average Bonchev–Trinajstić information content (AvgIpc) is 2.33. The minimum atomic E-state index is -3.27. The molecule has 0 unspecified atom stereocenters. The Balaban J connectivity index is 2.13. The van der Waals surface area contributed by atoms with Gasteiger partial charge in [0.05, 0.1) is 5.75 Å². The third-order valence-corrected chi connectivity index (χ3v) is 5.00. The molecule has 7 heteroatoms. The molecular formula is C13H27N3O3S. The number of sulfone groups is 1. The van der Waals surface area contributed by atoms with Gasteiger partial charge in [-0.15, -0.1) is 0 Å². The van der Waals surface area contributed by atoms with Crippen molar-refractivity contribution in [3.05, 3.63) is 0 Å². The van der Waals surface area contributed by atoms with Crippen LogP contribution in [-0.2, 0) is 14.6 Å². The number of piperazine rings is 1. The van der Waals surface area contributed by atoms with Gasteiger partial charge in [-0.05, 0) is 18.9 Å². The molecule has 6 nitrogen and oxygen atoms in total. The van der Waals surface area contributed by atoms with Gasteiger partial charge in [0, 0.05) is 32.7 Å². The van der Waals surface area contributed by atoms with Gasteiger partial charge in [0.15, 0.2) is 9.84 Å². The number of nitrogens with one attached hydrogen (secondary N) is 2. The van der Waals surface area contributed by atoms with Crippen LogP contribution < -0.4 is 10.6 Å². The van der Waals surface area contributed by atoms with Gasteiger partial charge in [-0.1, -0.05) is 13.8 Å². The van der Waals surface area contributed by atoms with Crippen molar-refractivity contribution in [2.45, 2.75) is 20.3 Å². The van der Waals surface area contributed by atoms with Crippen molar-refractivity contribution < 1.29 is 13.2 Å². The lowest BCUT2D eigenvalue weighted by Gasteiger charge is -2.27. The van der Waals surface area contributed by atoms with E-state index < -0.39 is 15.6 Å². The molecule has 1 rings (SSSR count). The van der Waals surface area contributed by atoms with Crippen molar-refractivity contribution in [3.8, 4) is 0 Å². The summed E-state index contributed by atoms with van der Waals surface area (Å²) in [6, 6.07) is 0. The van der Waals surface area contributed by atoms with Crippen LogP contribution in [0.25, 0.3) is 0 Å². The van der Waals surface area contributed by atoms with E-state index >= 15 is 0 Å². The van der Waals surface area contributed by atoms with E-state index in [0.717, 1.165) is 39.1 Å². The predicted molar refractivity (Wildman–Crippen MR) is 80.4 cm³/mol. The fraction of sp³-hybridized carbons (Fsp3) is 0.923. The van der Waals surface area contributed by atoms with E-state index in [-0.39, 0.29) is 17.6 Å². The number of amides is 1. The number of carbonyl (C=O) groups excluding carboxylic acids is 1. The monoisotopic (exact) mass is 305 g/mol. The molecule has 0 atom stereocenters. The van der Waals surface area contributed by atoms with Crippen LogP contribution >= 0.6 is 0 Å². The molecule has 0 aliphatic carbocycles. The second-order valence-electron chi connectivity index (χ2n) is 5.74. The molecule has 0 aromatic heterocycles. The molecule has 1 heterocycles. The van der Waals surface area contributed by atoms with Crippen molar-refractivity contribution in [1.82, 2.24) is 15.5 Å². The summed E-state index contributed by atoms with van der Waals surface area (Å²) >= 11 is 0. The summed E-state index contributed by atoms with van der Waals surface area (Å²) in [5, 5.41) is 5.98. The topological polar surface area (TPSA) is 78.5 Å². The van der Waals surface area contributed by atoms with Gasteiger partial charge in [0.25, 0.3) is 0 Å². The van der Waals surface area contributed by atoms with Gasteiger partial charge in [0.1, 0.15) is 5.75 Å². The van der Waals surface area contributed by atoms with E-state index in [1.165, 1.54) is 0 Å². The highest BCUT2D eigenvalue weighted by Crippen LogP contribution is 2.00. The van der Waals surface area contributed by atoms with E-state index in [4.69, 9.17) is 0 Å². The molecule has 0 aromatic rings. The second-order valence-corrected chi connectivity index (χ2v) is 7.85. The molecule has 1 fully saturated rings. The molecule has 0 bridgehead atoms. The fourth-order valence-corrected chi connectivity index (χ4v) is 3.92. The van der Waals surface area contributed by atoms with Gasteiger partial charge >= 0.3 is 0 Å². The molecule has 0 saturated carbocycles. The Morgan fingerprint density at radius 2 is 1.95 bits per heavy atom. The molecule has 1 amide bonds. The van der Waals surface area contributed by atoms with E-state index in [0.29, 0.717) is 6.54 Å². The summed E-state index contributed by atoms with van der Waals surface area (Å²) in [6.45, 7) is 9.26. The largest absolute Gasteiger partial charge is 0.355 e. The minimum absolute atomic E-state index is 0.0560. The maximum atomic E-state index is 11.7. The van der Waals surface area contributed by atoms with E-state index in [1.807, 2.05) is 13.8 Å². The molecule has 20 heavy (non-hydrogen) atoms. The highest BCUT2D eigenvalue weighted by molar-refractivity contribution is 7.92. The lowest BCUT2D eigenvalue weighted by Crippen LogP contribution is -2.44. The van der Waals surface area contributed by atoms with E-state index in [1.54, 1.807) is 0 Å². The Morgan fingerprint density at radius 1 is 1.30 bits per heavy atom. The van der Waals surface area contributed by atoms with Crippen molar-refractivity contribution in [2.75, 3.05) is 50.8 Å². The highest BCUT2D eigenvalue weighted by Gasteiger charge is 2.17. The molecule has 1 aliphatic heterocycles. The van der Waals surface area contributed by atoms with Gasteiger partial charge in [-0.25, -0.2) is 8.42 Å². The molecule has 1 aliphatic rings. The van der Waals surface area contributed by atoms with Crippen LogP contribution in [0.15, 0.2) is 0 Å². The Labute approximate surface area is 122 Å². The zero-order valence-electron chi connectivity index (χ0n) is 12.5. The van der Waals surface area contributed by atoms with E-state index in [2.05, 4.69) is 15.5 Å². The first-order chi connectivity index (χ1) is 9.39. The summed E-state index contributed by atoms with van der Waals surface area (Å²) in [6.07, 6.45) is 0.857. The van der Waals surface area contributed by atoms with Gasteiger partial charge < -0.3 is 15.5 Å². The summed E-state index contributed by atoms with van der Waals surface area (Å²) in [4.78, 5) is 13.9. The SMILES string of the molecule is CC(C)CS(=O)(=O)CC(=O)NCCCN1CCNCC1. The third-order valence-electron chi connectivity index (χ3n) is 3.12. The number of rotatable bonds is 8. The second kappa shape index (κ2) is 8.59. The van der Waals surface area contributed by atoms with Crippen molar-refractivity contribution in [3.63, 3.8) is 0 Å². The quantitative estimate of drug-likeness (QED) is 0.589. The first kappa shape index (κ1) is 17.4. The maximum Gasteiger partial charge on any atom is 0.235 e. The van der Waals surface area contributed by atoms with Crippen LogP contribution in [0.3, 0.4) is 0 Å². The predicted octanol–water partition coefficient (Wildman–Crippen LogP) is -0.531. The zero-order valence-corrected chi connectivity index (χ0v) is 13.3. The molecule has 0 aromatic carbocycles. The standard InChI is InChI=1S/C13H27N3O3S/c1-12(2)10-20(18,19)11-13(17)15-4-3-7-16-8-5-14-6-9-16/h12,14H,3-11H2,1-2H3,(H,15,17). The molecule has 118 valence electrons. The Morgan fingerprint density at radius 3 is 2.55 bits per heavy atom. The van der Waals surface area contributed by atoms with Crippen LogP contribution in [-0.4, -0.2) is 70.0 Å². The van der Waals surface area contributed by atoms with Crippen LogP contribution in [0.4, 0.5) is 0 Å². The van der Waals surface area contributed by atoms with Crippen molar-refractivity contribution in [2.24, 2.45) is 5.92 Å². The van der Waals surface area contributed by atoms with Gasteiger partial charge in [-0.2, -0.15) is 0 Å². The van der Waals surface area contributed by atoms with E-state index in [9.17, 15) is 13.2 Å². The minimum Gasteiger partial charge on any atom is -0.355 e. The Bertz CT molecular complexity index is 390. The van der Waals surface area contributed by atoms with Gasteiger partial charge in [-0.3, -0.25) is 4.79 Å². The number of nitrogens with zero attached hydrogens (tertiary/aromatic N) is 1. The lowest BCUT2D eigenvalue weighted by atomic mass is 10.3. The fourth-order valence-electron chi connectivity index (χ4n) is 2.28. The number of hydrogen-bond acceptors (Lipinski definition) is 5. The average molecular weight is 305 g/mol. The van der Waals surface area contributed by atoms with Crippen LogP contribution in [0.1, 0.15) is 20.3 Å². The van der Waals surface area contributed by atoms with Crippen LogP contribution in [0, 0.1) is 5.92 Å². The van der Waals surface area contributed by atoms with Crippen molar-refractivity contribution >= 4 is 15.7 Å². The highest BCUT2D eigenvalue weighted by atomic mass is 32.2. The summed E-state index contributed by atoms with van der Waals surface area (Å²) < 4.78 is 23.3. The maximum absolute atomic E-state index is 11.7. The molecule has 1 saturated heterocycles. The van der Waals surface area contributed by atoms with Gasteiger partial charge in [0.2, 0.25) is 5.91 Å². The summed E-state index contributed by atoms with van der Waals surface area (Å²) in [5.74, 6) is -0.647. The van der Waals surface area contributed by atoms with Crippen molar-refractivity contribution in [1.29, 1.82) is 0 Å². The third kappa shape index (κ3) is 7.81. The molecule has 0 spiro atoms. The summed E-state index contributed by atoms with van der Waals surface area (Å²) in [5.41, 5.74) is 0. The van der Waals surface area contributed by atoms with Crippen LogP contribution in [0.2, 0.25) is 0 Å². The molecule has 0 radical (unpaired) electrons. The Kier molecular flexibility index (Phi) is 7.47. The smallest absolute Gasteiger partial charge is 0.235 e.